The smallest absolute Gasteiger partial charge is 1.00 e. The van der Waals surface area contributed by atoms with Crippen molar-refractivity contribution in [1.29, 1.82) is 0 Å². The molecular formula is H13FKPS2VWY. The van der Waals surface area contributed by atoms with E-state index in [0.29, 0.717) is 0 Å². The Bertz CT molecular complexity index is 31.3. The van der Waals surface area contributed by atoms with Crippen LogP contribution in [0.4, 0.5) is 4.70 Å². The molecule has 0 rings (SSSR count). The third-order valence-corrected chi connectivity index (χ3v) is 0. The SMILES string of the molecule is F.P.S.S.[2HH].[H-].[HH].[K+].[V].[W].[Y]. The first-order valence-electron chi connectivity index (χ1n) is 0. The molecular weight excluding hydrogens is 477 g/mol. The van der Waals surface area contributed by atoms with E-state index in [1.54, 1.807) is 0 Å². The van der Waals surface area contributed by atoms with Gasteiger partial charge in [0.15, 0.2) is 0 Å². The molecule has 0 aliphatic carbocycles. The minimum atomic E-state index is 0. The van der Waals surface area contributed by atoms with Crippen LogP contribution in [0, 0.1) is 0 Å². The van der Waals surface area contributed by atoms with E-state index < -0.39 is 0 Å². The summed E-state index contributed by atoms with van der Waals surface area (Å²) in [5.41, 5.74) is 0. The minimum absolute atomic E-state index is 0. The van der Waals surface area contributed by atoms with Crippen LogP contribution in [0.15, 0.2) is 0 Å². The number of hydrogen-bond donors (Lipinski definition) is 0. The van der Waals surface area contributed by atoms with Crippen molar-refractivity contribution in [1.82, 2.24) is 0 Å². The Morgan fingerprint density at radius 3 is 1.25 bits per heavy atom. The molecule has 52 valence electrons. The molecule has 0 aliphatic heterocycles. The summed E-state index contributed by atoms with van der Waals surface area (Å²) in [6.45, 7) is 0. The molecule has 0 fully saturated rings. The van der Waals surface area contributed by atoms with E-state index in [2.05, 4.69) is 0 Å². The van der Waals surface area contributed by atoms with Gasteiger partial charge in [0.25, 0.3) is 0 Å². The molecule has 0 N–H and O–H groups in total. The molecule has 1 unspecified atom stereocenters. The van der Waals surface area contributed by atoms with Crippen molar-refractivity contribution in [2.45, 2.75) is 0 Å². The van der Waals surface area contributed by atoms with E-state index in [-0.39, 0.29) is 170 Å². The zero-order valence-electron chi connectivity index (χ0n) is 5.55. The second kappa shape index (κ2) is 57.5. The van der Waals surface area contributed by atoms with E-state index in [1.807, 2.05) is 0 Å². The number of halogens is 1. The standard InChI is InChI=1S/FH.K.H3P.2H2S.V.W.Y.2H2.H/h1H;;1H3;2*1H2;;;;2*1H;/q;+1;;;;;;;;;-1/i;;;;;;;;1+1;;. The molecule has 0 heterocycles. The molecule has 0 aromatic heterocycles. The normalized spacial score (nSPS) is 0. The van der Waals surface area contributed by atoms with Crippen LogP contribution in [0.5, 0.6) is 0 Å². The van der Waals surface area contributed by atoms with Gasteiger partial charge in [-0.1, -0.05) is 0 Å². The maximum Gasteiger partial charge on any atom is 1.00 e. The molecule has 0 spiro atoms. The van der Waals surface area contributed by atoms with Crippen LogP contribution in [0.1, 0.15) is 4.28 Å². The van der Waals surface area contributed by atoms with Crippen molar-refractivity contribution in [3.8, 4) is 0 Å². The van der Waals surface area contributed by atoms with Gasteiger partial charge in [0, 0.05) is 75.2 Å². The Labute approximate surface area is 165 Å². The predicted octanol–water partition coefficient (Wildman–Crippen LogP) is -1.96. The van der Waals surface area contributed by atoms with Gasteiger partial charge in [0.2, 0.25) is 0 Å². The fourth-order valence-corrected chi connectivity index (χ4v) is 0. The van der Waals surface area contributed by atoms with E-state index in [0.717, 1.165) is 0 Å². The van der Waals surface area contributed by atoms with Crippen molar-refractivity contribution in [2.24, 2.45) is 0 Å². The monoisotopic (exact) mass is 491 g/mol. The molecule has 0 aliphatic rings. The predicted molar refractivity (Wildman–Crippen MR) is 39.7 cm³/mol. The molecule has 0 saturated carbocycles. The Morgan fingerprint density at radius 1 is 1.25 bits per heavy atom. The molecule has 8 heavy (non-hydrogen) atoms. The van der Waals surface area contributed by atoms with Gasteiger partial charge in [-0.05, 0) is 0 Å². The quantitative estimate of drug-likeness (QED) is 0.273. The summed E-state index contributed by atoms with van der Waals surface area (Å²) < 4.78 is 0. The summed E-state index contributed by atoms with van der Waals surface area (Å²) in [5.74, 6) is 0. The molecule has 8 heteroatoms. The Kier molecular flexibility index (Phi) is 532. The minimum Gasteiger partial charge on any atom is -1.00 e. The van der Waals surface area contributed by atoms with Crippen molar-refractivity contribution < 1.29 is 133 Å². The topological polar surface area (TPSA) is 0 Å². The van der Waals surface area contributed by atoms with Gasteiger partial charge < -0.3 is 1.43 Å². The molecule has 2 radical (unpaired) electrons. The number of hydrogen-bond acceptors (Lipinski definition) is 0. The summed E-state index contributed by atoms with van der Waals surface area (Å²) in [6.07, 6.45) is 0. The van der Waals surface area contributed by atoms with Gasteiger partial charge in [0.05, 0.1) is 0 Å². The van der Waals surface area contributed by atoms with Gasteiger partial charge in [-0.25, -0.2) is 0 Å². The summed E-state index contributed by atoms with van der Waals surface area (Å²) in [4.78, 5) is 0. The van der Waals surface area contributed by atoms with Crippen LogP contribution < -0.4 is 51.4 Å². The first-order valence-corrected chi connectivity index (χ1v) is 0. The van der Waals surface area contributed by atoms with Crippen molar-refractivity contribution in [2.75, 3.05) is 0 Å². The molecule has 0 nitrogen and oxygen atoms in total. The van der Waals surface area contributed by atoms with Gasteiger partial charge in [-0.2, -0.15) is 36.9 Å². The largest absolute Gasteiger partial charge is 1.00 e. The second-order valence-corrected chi connectivity index (χ2v) is 0. The zero-order valence-corrected chi connectivity index (χ0v) is 18.3. The fourth-order valence-electron chi connectivity index (χ4n) is 0. The zero-order chi connectivity index (χ0) is 0. The van der Waals surface area contributed by atoms with Crippen molar-refractivity contribution in [3.05, 3.63) is 0 Å². The van der Waals surface area contributed by atoms with Gasteiger partial charge >= 0.3 is 51.4 Å². The molecule has 0 bridgehead atoms. The Hall–Kier alpha value is 5.07. The van der Waals surface area contributed by atoms with Crippen LogP contribution in [-0.4, -0.2) is 0 Å². The summed E-state index contributed by atoms with van der Waals surface area (Å²) in [7, 11) is 0. The molecule has 1 atom stereocenters. The maximum absolute atomic E-state index is 0. The Morgan fingerprint density at radius 2 is 1.25 bits per heavy atom. The Balaban J connectivity index is 0. The molecule has 0 aromatic rings. The van der Waals surface area contributed by atoms with Crippen LogP contribution in [0.25, 0.3) is 0 Å². The van der Waals surface area contributed by atoms with E-state index in [4.69, 9.17) is 0 Å². The van der Waals surface area contributed by atoms with Crippen LogP contribution in [0.3, 0.4) is 0 Å². The summed E-state index contributed by atoms with van der Waals surface area (Å²) in [6, 6.07) is 0. The first-order chi connectivity index (χ1) is 0. The molecule has 0 saturated heterocycles. The van der Waals surface area contributed by atoms with E-state index in [1.165, 1.54) is 0 Å². The third kappa shape index (κ3) is 43.7. The van der Waals surface area contributed by atoms with Crippen molar-refractivity contribution >= 4 is 36.9 Å². The average Bonchev–Trinajstić information content (AvgIpc) is 0. The van der Waals surface area contributed by atoms with Crippen LogP contribution in [0.2, 0.25) is 0 Å². The third-order valence-electron chi connectivity index (χ3n) is 0. The number of rotatable bonds is 0. The van der Waals surface area contributed by atoms with Crippen molar-refractivity contribution in [3.63, 3.8) is 0 Å². The van der Waals surface area contributed by atoms with Crippen LogP contribution >= 0.6 is 36.9 Å². The second-order valence-electron chi connectivity index (χ2n) is 0. The summed E-state index contributed by atoms with van der Waals surface area (Å²) in [5, 5.41) is 0. The molecule has 0 amide bonds. The average molecular weight is 491 g/mol. The van der Waals surface area contributed by atoms with Crippen LogP contribution in [-0.2, 0) is 72.3 Å². The summed E-state index contributed by atoms with van der Waals surface area (Å²) >= 11 is 0. The van der Waals surface area contributed by atoms with Gasteiger partial charge in [-0.3, -0.25) is 4.70 Å². The maximum atomic E-state index is 0. The van der Waals surface area contributed by atoms with E-state index in [9.17, 15) is 0 Å². The first kappa shape index (κ1) is 74.0. The van der Waals surface area contributed by atoms with Gasteiger partial charge in [-0.15, -0.1) is 0 Å². The van der Waals surface area contributed by atoms with E-state index >= 15 is 0 Å². The fraction of sp³-hybridized carbons (Fsp3) is 0. The van der Waals surface area contributed by atoms with Gasteiger partial charge in [0.1, 0.15) is 0 Å². The molecule has 0 aromatic carbocycles.